The van der Waals surface area contributed by atoms with E-state index in [1.165, 1.54) is 0 Å². The van der Waals surface area contributed by atoms with Gasteiger partial charge in [0.25, 0.3) is 0 Å². The summed E-state index contributed by atoms with van der Waals surface area (Å²) in [5.74, 6) is 1.65. The van der Waals surface area contributed by atoms with Gasteiger partial charge < -0.3 is 10.3 Å². The molecule has 1 aliphatic rings. The first kappa shape index (κ1) is 7.03. The van der Waals surface area contributed by atoms with Gasteiger partial charge in [-0.3, -0.25) is 4.98 Å². The summed E-state index contributed by atoms with van der Waals surface area (Å²) in [6.07, 6.45) is 3.59. The van der Waals surface area contributed by atoms with Crippen LogP contribution < -0.4 is 5.32 Å². The van der Waals surface area contributed by atoms with Crippen LogP contribution in [0.3, 0.4) is 0 Å². The van der Waals surface area contributed by atoms with Gasteiger partial charge in [0.1, 0.15) is 5.82 Å². The number of hydrogen-bond donors (Lipinski definition) is 2. The fourth-order valence-electron chi connectivity index (χ4n) is 1.55. The van der Waals surface area contributed by atoms with E-state index in [0.717, 1.165) is 29.9 Å². The summed E-state index contributed by atoms with van der Waals surface area (Å²) in [7, 11) is 0. The van der Waals surface area contributed by atoms with Crippen LogP contribution in [0.1, 0.15) is 11.7 Å². The molecule has 0 spiro atoms. The van der Waals surface area contributed by atoms with Crippen molar-refractivity contribution in [3.63, 3.8) is 0 Å². The van der Waals surface area contributed by atoms with E-state index in [1.54, 1.807) is 6.20 Å². The summed E-state index contributed by atoms with van der Waals surface area (Å²) >= 11 is 0. The number of hydrogen-bond acceptors (Lipinski definition) is 3. The van der Waals surface area contributed by atoms with Crippen LogP contribution in [0, 0.1) is 0 Å². The van der Waals surface area contributed by atoms with E-state index in [4.69, 9.17) is 0 Å². The van der Waals surface area contributed by atoms with Crippen LogP contribution in [-0.4, -0.2) is 28.0 Å². The molecule has 3 rings (SSSR count). The first-order valence-electron chi connectivity index (χ1n) is 4.44. The summed E-state index contributed by atoms with van der Waals surface area (Å²) in [6, 6.07) is 1.93. The van der Waals surface area contributed by atoms with E-state index in [0.29, 0.717) is 5.92 Å². The molecular weight excluding hydrogens is 164 g/mol. The third kappa shape index (κ3) is 1.02. The van der Waals surface area contributed by atoms with Crippen molar-refractivity contribution in [2.75, 3.05) is 13.1 Å². The molecule has 0 atom stereocenters. The number of nitrogens with zero attached hydrogens (tertiary/aromatic N) is 2. The van der Waals surface area contributed by atoms with E-state index in [1.807, 2.05) is 12.3 Å². The fourth-order valence-corrected chi connectivity index (χ4v) is 1.55. The third-order valence-corrected chi connectivity index (χ3v) is 2.47. The summed E-state index contributed by atoms with van der Waals surface area (Å²) in [5, 5.41) is 3.23. The van der Waals surface area contributed by atoms with Gasteiger partial charge in [0, 0.05) is 25.2 Å². The normalized spacial score (nSPS) is 17.5. The van der Waals surface area contributed by atoms with Crippen molar-refractivity contribution in [1.82, 2.24) is 20.3 Å². The summed E-state index contributed by atoms with van der Waals surface area (Å²) < 4.78 is 0. The minimum Gasteiger partial charge on any atom is -0.340 e. The van der Waals surface area contributed by atoms with Crippen molar-refractivity contribution in [2.24, 2.45) is 0 Å². The SMILES string of the molecule is c1cc2nc(C3CNC3)[nH]c2cn1. The number of pyridine rings is 1. The van der Waals surface area contributed by atoms with E-state index in [-0.39, 0.29) is 0 Å². The molecule has 0 bridgehead atoms. The van der Waals surface area contributed by atoms with Crippen LogP contribution in [0.2, 0.25) is 0 Å². The molecule has 13 heavy (non-hydrogen) atoms. The molecule has 0 saturated carbocycles. The van der Waals surface area contributed by atoms with Gasteiger partial charge in [-0.05, 0) is 6.07 Å². The summed E-state index contributed by atoms with van der Waals surface area (Å²) in [6.45, 7) is 2.07. The molecule has 1 saturated heterocycles. The molecule has 2 N–H and O–H groups in total. The Bertz CT molecular complexity index is 397. The van der Waals surface area contributed by atoms with Gasteiger partial charge in [0.15, 0.2) is 0 Å². The molecule has 0 aromatic carbocycles. The Balaban J connectivity index is 2.10. The Morgan fingerprint density at radius 2 is 2.31 bits per heavy atom. The smallest absolute Gasteiger partial charge is 0.112 e. The molecule has 2 aromatic heterocycles. The highest BCUT2D eigenvalue weighted by atomic mass is 15.0. The quantitative estimate of drug-likeness (QED) is 0.667. The van der Waals surface area contributed by atoms with Gasteiger partial charge in [-0.25, -0.2) is 4.98 Å². The zero-order valence-corrected chi connectivity index (χ0v) is 7.12. The molecule has 0 aliphatic carbocycles. The Morgan fingerprint density at radius 1 is 1.38 bits per heavy atom. The molecular formula is C9H10N4. The van der Waals surface area contributed by atoms with Gasteiger partial charge in [-0.15, -0.1) is 0 Å². The highest BCUT2D eigenvalue weighted by molar-refractivity contribution is 5.73. The van der Waals surface area contributed by atoms with Crippen LogP contribution in [0.25, 0.3) is 11.0 Å². The van der Waals surface area contributed by atoms with E-state index < -0.39 is 0 Å². The molecule has 1 aliphatic heterocycles. The Kier molecular flexibility index (Phi) is 1.37. The molecule has 4 nitrogen and oxygen atoms in total. The van der Waals surface area contributed by atoms with E-state index in [2.05, 4.69) is 20.3 Å². The molecule has 66 valence electrons. The van der Waals surface area contributed by atoms with E-state index in [9.17, 15) is 0 Å². The van der Waals surface area contributed by atoms with Gasteiger partial charge in [0.05, 0.1) is 17.2 Å². The van der Waals surface area contributed by atoms with Crippen LogP contribution >= 0.6 is 0 Å². The average Bonchev–Trinajstić information content (AvgIpc) is 2.43. The third-order valence-electron chi connectivity index (χ3n) is 2.47. The second-order valence-electron chi connectivity index (χ2n) is 3.37. The zero-order chi connectivity index (χ0) is 8.67. The minimum atomic E-state index is 0.562. The Labute approximate surface area is 75.4 Å². The van der Waals surface area contributed by atoms with Gasteiger partial charge >= 0.3 is 0 Å². The molecule has 2 aromatic rings. The Morgan fingerprint density at radius 3 is 3.00 bits per heavy atom. The largest absolute Gasteiger partial charge is 0.340 e. The second-order valence-corrected chi connectivity index (χ2v) is 3.37. The standard InChI is InChI=1S/C9H10N4/c1-2-10-5-8-7(1)12-9(13-8)6-3-11-4-6/h1-2,5-6,11H,3-4H2,(H,12,13). The Hall–Kier alpha value is -1.42. The monoisotopic (exact) mass is 174 g/mol. The molecule has 0 radical (unpaired) electrons. The summed E-state index contributed by atoms with van der Waals surface area (Å²) in [5.41, 5.74) is 2.04. The molecule has 4 heteroatoms. The van der Waals surface area contributed by atoms with Crippen molar-refractivity contribution in [2.45, 2.75) is 5.92 Å². The van der Waals surface area contributed by atoms with Crippen molar-refractivity contribution >= 4 is 11.0 Å². The molecule has 1 fully saturated rings. The lowest BCUT2D eigenvalue weighted by molar-refractivity contribution is 0.433. The lowest BCUT2D eigenvalue weighted by Crippen LogP contribution is -2.40. The predicted octanol–water partition coefficient (Wildman–Crippen LogP) is 0.645. The maximum atomic E-state index is 4.50. The number of fused-ring (bicyclic) bond motifs is 1. The van der Waals surface area contributed by atoms with Crippen molar-refractivity contribution in [1.29, 1.82) is 0 Å². The number of imidazole rings is 1. The lowest BCUT2D eigenvalue weighted by atomic mass is 10.0. The molecule has 0 unspecified atom stereocenters. The topological polar surface area (TPSA) is 53.6 Å². The van der Waals surface area contributed by atoms with Crippen molar-refractivity contribution < 1.29 is 0 Å². The highest BCUT2D eigenvalue weighted by Gasteiger charge is 2.21. The fraction of sp³-hybridized carbons (Fsp3) is 0.333. The van der Waals surface area contributed by atoms with Crippen LogP contribution in [0.5, 0.6) is 0 Å². The zero-order valence-electron chi connectivity index (χ0n) is 7.12. The number of nitrogens with one attached hydrogen (secondary N) is 2. The second kappa shape index (κ2) is 2.53. The highest BCUT2D eigenvalue weighted by Crippen LogP contribution is 2.19. The van der Waals surface area contributed by atoms with Crippen molar-refractivity contribution in [3.05, 3.63) is 24.3 Å². The van der Waals surface area contributed by atoms with E-state index >= 15 is 0 Å². The summed E-state index contributed by atoms with van der Waals surface area (Å²) in [4.78, 5) is 11.8. The predicted molar refractivity (Wildman–Crippen MR) is 49.5 cm³/mol. The first-order chi connectivity index (χ1) is 6.43. The number of H-pyrrole nitrogens is 1. The van der Waals surface area contributed by atoms with Crippen LogP contribution in [0.15, 0.2) is 18.5 Å². The minimum absolute atomic E-state index is 0.562. The van der Waals surface area contributed by atoms with Crippen LogP contribution in [0.4, 0.5) is 0 Å². The van der Waals surface area contributed by atoms with Crippen LogP contribution in [-0.2, 0) is 0 Å². The number of aromatic amines is 1. The number of aromatic nitrogens is 3. The van der Waals surface area contributed by atoms with Gasteiger partial charge in [0.2, 0.25) is 0 Å². The average molecular weight is 174 g/mol. The first-order valence-corrected chi connectivity index (χ1v) is 4.44. The lowest BCUT2D eigenvalue weighted by Gasteiger charge is -2.24. The molecule has 0 amide bonds. The maximum Gasteiger partial charge on any atom is 0.112 e. The number of rotatable bonds is 1. The molecule has 3 heterocycles. The maximum absolute atomic E-state index is 4.50. The van der Waals surface area contributed by atoms with Gasteiger partial charge in [-0.2, -0.15) is 0 Å². The van der Waals surface area contributed by atoms with Crippen molar-refractivity contribution in [3.8, 4) is 0 Å². The van der Waals surface area contributed by atoms with Gasteiger partial charge in [-0.1, -0.05) is 0 Å².